The maximum atomic E-state index is 13.3. The van der Waals surface area contributed by atoms with Gasteiger partial charge < -0.3 is 10.2 Å². The van der Waals surface area contributed by atoms with Crippen LogP contribution >= 0.6 is 0 Å². The summed E-state index contributed by atoms with van der Waals surface area (Å²) in [7, 11) is -3.77. The number of carbonyl (C=O) groups is 2. The number of rotatable bonds is 10. The summed E-state index contributed by atoms with van der Waals surface area (Å²) in [5.41, 5.74) is 1.83. The molecule has 0 radical (unpaired) electrons. The molecule has 1 atom stereocenters. The smallest absolute Gasteiger partial charge is 0.244 e. The first kappa shape index (κ1) is 25.3. The van der Waals surface area contributed by atoms with Crippen LogP contribution in [-0.2, 0) is 26.2 Å². The van der Waals surface area contributed by atoms with E-state index < -0.39 is 34.3 Å². The van der Waals surface area contributed by atoms with Gasteiger partial charge in [-0.1, -0.05) is 31.2 Å². The number of nitrogens with one attached hydrogen (secondary N) is 1. The van der Waals surface area contributed by atoms with E-state index in [1.807, 2.05) is 19.9 Å². The quantitative estimate of drug-likeness (QED) is 0.587. The van der Waals surface area contributed by atoms with E-state index >= 15 is 0 Å². The monoisotopic (exact) mass is 463 g/mol. The lowest BCUT2D eigenvalue weighted by atomic mass is 10.1. The zero-order valence-corrected chi connectivity index (χ0v) is 19.7. The molecule has 174 valence electrons. The molecule has 0 bridgehead atoms. The predicted octanol–water partition coefficient (Wildman–Crippen LogP) is 2.84. The molecule has 1 N–H and O–H groups in total. The number of sulfonamides is 1. The summed E-state index contributed by atoms with van der Waals surface area (Å²) in [5, 5.41) is 2.76. The number of hydrogen-bond donors (Lipinski definition) is 1. The number of anilines is 1. The molecule has 2 amide bonds. The Labute approximate surface area is 189 Å². The minimum Gasteiger partial charge on any atom is -0.354 e. The van der Waals surface area contributed by atoms with Gasteiger partial charge in [-0.2, -0.15) is 0 Å². The van der Waals surface area contributed by atoms with Gasteiger partial charge in [-0.15, -0.1) is 0 Å². The van der Waals surface area contributed by atoms with Crippen molar-refractivity contribution >= 4 is 27.5 Å². The van der Waals surface area contributed by atoms with Crippen LogP contribution in [0.1, 0.15) is 31.4 Å². The van der Waals surface area contributed by atoms with E-state index in [-0.39, 0.29) is 12.5 Å². The molecule has 9 heteroatoms. The molecule has 0 aliphatic rings. The Morgan fingerprint density at radius 3 is 2.34 bits per heavy atom. The lowest BCUT2D eigenvalue weighted by Gasteiger charge is -2.31. The van der Waals surface area contributed by atoms with Crippen LogP contribution < -0.4 is 9.62 Å². The zero-order valence-electron chi connectivity index (χ0n) is 18.8. The van der Waals surface area contributed by atoms with E-state index in [9.17, 15) is 22.4 Å². The third kappa shape index (κ3) is 7.05. The average molecular weight is 464 g/mol. The fourth-order valence-corrected chi connectivity index (χ4v) is 4.00. The second-order valence-corrected chi connectivity index (χ2v) is 9.63. The van der Waals surface area contributed by atoms with Gasteiger partial charge in [-0.25, -0.2) is 12.8 Å². The molecule has 2 aromatic carbocycles. The zero-order chi connectivity index (χ0) is 23.9. The van der Waals surface area contributed by atoms with E-state index in [0.29, 0.717) is 17.8 Å². The van der Waals surface area contributed by atoms with Crippen LogP contribution in [0.2, 0.25) is 0 Å². The van der Waals surface area contributed by atoms with Crippen molar-refractivity contribution in [3.05, 3.63) is 65.5 Å². The highest BCUT2D eigenvalue weighted by Gasteiger charge is 2.30. The van der Waals surface area contributed by atoms with Crippen molar-refractivity contribution in [2.45, 2.75) is 39.8 Å². The molecular weight excluding hydrogens is 433 g/mol. The van der Waals surface area contributed by atoms with Crippen molar-refractivity contribution in [2.24, 2.45) is 0 Å². The molecule has 0 saturated carbocycles. The molecule has 0 heterocycles. The van der Waals surface area contributed by atoms with Gasteiger partial charge in [0.1, 0.15) is 18.4 Å². The lowest BCUT2D eigenvalue weighted by molar-refractivity contribution is -0.139. The minimum atomic E-state index is -3.77. The maximum Gasteiger partial charge on any atom is 0.244 e. The summed E-state index contributed by atoms with van der Waals surface area (Å²) in [5.74, 6) is -1.30. The Morgan fingerprint density at radius 2 is 1.78 bits per heavy atom. The van der Waals surface area contributed by atoms with Crippen molar-refractivity contribution in [3.8, 4) is 0 Å². The van der Waals surface area contributed by atoms with E-state index in [4.69, 9.17) is 0 Å². The standard InChI is InChI=1S/C23H30FN3O4S/c1-5-13-25-23(29)18(3)26(15-19-9-11-20(24)12-10-19)22(28)16-27(32(4,30)31)21-8-6-7-17(2)14-21/h6-12,14,18H,5,13,15-16H2,1-4H3,(H,25,29)/t18-/m0/s1. The number of amides is 2. The van der Waals surface area contributed by atoms with Crippen molar-refractivity contribution in [1.29, 1.82) is 0 Å². The molecule has 2 aromatic rings. The van der Waals surface area contributed by atoms with E-state index in [0.717, 1.165) is 22.5 Å². The first-order chi connectivity index (χ1) is 15.0. The van der Waals surface area contributed by atoms with Crippen molar-refractivity contribution in [1.82, 2.24) is 10.2 Å². The summed E-state index contributed by atoms with van der Waals surface area (Å²) in [6, 6.07) is 11.6. The number of nitrogens with zero attached hydrogens (tertiary/aromatic N) is 2. The van der Waals surface area contributed by atoms with Gasteiger partial charge in [0, 0.05) is 13.1 Å². The highest BCUT2D eigenvalue weighted by atomic mass is 32.2. The number of hydrogen-bond acceptors (Lipinski definition) is 4. The molecule has 7 nitrogen and oxygen atoms in total. The van der Waals surface area contributed by atoms with Crippen LogP contribution in [0.4, 0.5) is 10.1 Å². The van der Waals surface area contributed by atoms with Gasteiger partial charge >= 0.3 is 0 Å². The second-order valence-electron chi connectivity index (χ2n) is 7.72. The molecule has 0 aromatic heterocycles. The van der Waals surface area contributed by atoms with Gasteiger partial charge in [-0.3, -0.25) is 13.9 Å². The Balaban J connectivity index is 2.35. The molecule has 2 rings (SSSR count). The van der Waals surface area contributed by atoms with Crippen LogP contribution in [-0.4, -0.2) is 50.5 Å². The normalized spacial score (nSPS) is 12.2. The van der Waals surface area contributed by atoms with Gasteiger partial charge in [0.15, 0.2) is 0 Å². The predicted molar refractivity (Wildman–Crippen MR) is 123 cm³/mol. The van der Waals surface area contributed by atoms with Crippen molar-refractivity contribution in [3.63, 3.8) is 0 Å². The molecule has 0 aliphatic heterocycles. The van der Waals surface area contributed by atoms with Crippen molar-refractivity contribution in [2.75, 3.05) is 23.7 Å². The van der Waals surface area contributed by atoms with E-state index in [1.165, 1.54) is 29.2 Å². The molecule has 0 spiro atoms. The largest absolute Gasteiger partial charge is 0.354 e. The molecule has 32 heavy (non-hydrogen) atoms. The topological polar surface area (TPSA) is 86.8 Å². The highest BCUT2D eigenvalue weighted by Crippen LogP contribution is 2.20. The fraction of sp³-hybridized carbons (Fsp3) is 0.391. The van der Waals surface area contributed by atoms with Gasteiger partial charge in [0.05, 0.1) is 11.9 Å². The Bertz CT molecular complexity index is 1040. The summed E-state index contributed by atoms with van der Waals surface area (Å²) >= 11 is 0. The van der Waals surface area contributed by atoms with E-state index in [2.05, 4.69) is 5.32 Å². The van der Waals surface area contributed by atoms with E-state index in [1.54, 1.807) is 25.1 Å². The maximum absolute atomic E-state index is 13.3. The first-order valence-electron chi connectivity index (χ1n) is 10.4. The SMILES string of the molecule is CCCNC(=O)[C@H](C)N(Cc1ccc(F)cc1)C(=O)CN(c1cccc(C)c1)S(C)(=O)=O. The average Bonchev–Trinajstić information content (AvgIpc) is 2.73. The van der Waals surface area contributed by atoms with Crippen LogP contribution in [0, 0.1) is 12.7 Å². The van der Waals surface area contributed by atoms with Crippen molar-refractivity contribution < 1.29 is 22.4 Å². The number of halogens is 1. The summed E-state index contributed by atoms with van der Waals surface area (Å²) in [6.07, 6.45) is 1.77. The summed E-state index contributed by atoms with van der Waals surface area (Å²) in [6.45, 7) is 5.36. The lowest BCUT2D eigenvalue weighted by Crippen LogP contribution is -2.51. The Morgan fingerprint density at radius 1 is 1.12 bits per heavy atom. The third-order valence-corrected chi connectivity index (χ3v) is 6.09. The fourth-order valence-electron chi connectivity index (χ4n) is 3.16. The van der Waals surface area contributed by atoms with Crippen LogP contribution in [0.15, 0.2) is 48.5 Å². The van der Waals surface area contributed by atoms with Crippen LogP contribution in [0.25, 0.3) is 0 Å². The van der Waals surface area contributed by atoms with Crippen LogP contribution in [0.5, 0.6) is 0 Å². The third-order valence-electron chi connectivity index (χ3n) is 4.95. The first-order valence-corrected chi connectivity index (χ1v) is 12.2. The van der Waals surface area contributed by atoms with Crippen LogP contribution in [0.3, 0.4) is 0 Å². The number of carbonyl (C=O) groups excluding carboxylic acids is 2. The molecule has 0 fully saturated rings. The Kier molecular flexibility index (Phi) is 8.77. The summed E-state index contributed by atoms with van der Waals surface area (Å²) < 4.78 is 39.3. The Hall–Kier alpha value is -2.94. The minimum absolute atomic E-state index is 0.0330. The van der Waals surface area contributed by atoms with Gasteiger partial charge in [0.2, 0.25) is 21.8 Å². The molecule has 0 saturated heterocycles. The highest BCUT2D eigenvalue weighted by molar-refractivity contribution is 7.92. The molecular formula is C23H30FN3O4S. The molecule has 0 unspecified atom stereocenters. The second kappa shape index (κ2) is 11.1. The van der Waals surface area contributed by atoms with Gasteiger partial charge in [-0.05, 0) is 55.7 Å². The number of aryl methyl sites for hydroxylation is 1. The van der Waals surface area contributed by atoms with Gasteiger partial charge in [0.25, 0.3) is 0 Å². The molecule has 0 aliphatic carbocycles. The number of benzene rings is 2. The summed E-state index contributed by atoms with van der Waals surface area (Å²) in [4.78, 5) is 27.2.